The van der Waals surface area contributed by atoms with E-state index in [0.29, 0.717) is 6.42 Å². The number of unbranched alkanes of at least 4 members (excludes halogenated alkanes) is 5. The molecule has 1 aromatic carbocycles. The molecule has 2 N–H and O–H groups in total. The number of alkyl halides is 2. The van der Waals surface area contributed by atoms with Gasteiger partial charge in [0.25, 0.3) is 10.4 Å². The second-order valence-corrected chi connectivity index (χ2v) is 8.69. The molecule has 0 aliphatic heterocycles. The van der Waals surface area contributed by atoms with Crippen LogP contribution >= 0.6 is 34.8 Å². The van der Waals surface area contributed by atoms with Crippen LogP contribution in [0.5, 0.6) is 0 Å². The first-order valence-corrected chi connectivity index (χ1v) is 10.9. The summed E-state index contributed by atoms with van der Waals surface area (Å²) in [5, 5.41) is 3.96. The number of hydrogen-bond donors (Lipinski definition) is 2. The van der Waals surface area contributed by atoms with Crippen molar-refractivity contribution in [3.63, 3.8) is 0 Å². The Morgan fingerprint density at radius 1 is 0.933 bits per heavy atom. The van der Waals surface area contributed by atoms with Crippen LogP contribution in [0.25, 0.3) is 0 Å². The van der Waals surface area contributed by atoms with E-state index >= 15 is 0 Å². The number of amides is 2. The van der Waals surface area contributed by atoms with E-state index in [0.717, 1.165) is 32.1 Å². The molecule has 1 aliphatic rings. The molecule has 0 fully saturated rings. The van der Waals surface area contributed by atoms with Crippen LogP contribution in [0.2, 0.25) is 0 Å². The van der Waals surface area contributed by atoms with E-state index in [2.05, 4.69) is 17.6 Å². The zero-order chi connectivity index (χ0) is 22.3. The monoisotopic (exact) mass is 472 g/mol. The molecule has 0 aromatic heterocycles. The van der Waals surface area contributed by atoms with Crippen molar-refractivity contribution in [3.8, 4) is 0 Å². The second-order valence-electron chi connectivity index (χ2n) is 6.99. The van der Waals surface area contributed by atoms with E-state index in [1.54, 1.807) is 12.1 Å². The summed E-state index contributed by atoms with van der Waals surface area (Å²) in [6.07, 6.45) is 6.12. The highest BCUT2D eigenvalue weighted by Crippen LogP contribution is 2.28. The van der Waals surface area contributed by atoms with Crippen LogP contribution < -0.4 is 10.6 Å². The standard InChI is InChI=1S/C21H23Cl3N2O4/c1-2-3-4-5-6-7-12-15(27)26-21(23,24)20(30)25-17-16(22)18(28)13-10-8-9-11-14(13)19(17)29/h8-11H,2-7,12H2,1H3,(H,25,30)(H,26,27). The number of Topliss-reactive ketones (excluding diaryl/α,β-unsaturated/α-hetero) is 2. The lowest BCUT2D eigenvalue weighted by molar-refractivity contribution is -0.127. The van der Waals surface area contributed by atoms with E-state index < -0.39 is 38.6 Å². The lowest BCUT2D eigenvalue weighted by Gasteiger charge is -2.23. The summed E-state index contributed by atoms with van der Waals surface area (Å²) in [5.74, 6) is -2.84. The molecule has 6 nitrogen and oxygen atoms in total. The number of rotatable bonds is 10. The van der Waals surface area contributed by atoms with Gasteiger partial charge in [-0.1, -0.05) is 98.1 Å². The third-order valence-electron chi connectivity index (χ3n) is 4.64. The molecule has 0 saturated heterocycles. The zero-order valence-corrected chi connectivity index (χ0v) is 18.8. The number of benzene rings is 1. The van der Waals surface area contributed by atoms with Crippen molar-refractivity contribution in [2.75, 3.05) is 0 Å². The molecule has 9 heteroatoms. The molecule has 0 radical (unpaired) electrons. The van der Waals surface area contributed by atoms with Crippen molar-refractivity contribution in [3.05, 3.63) is 46.1 Å². The summed E-state index contributed by atoms with van der Waals surface area (Å²) in [4.78, 5) is 49.5. The van der Waals surface area contributed by atoms with Crippen LogP contribution in [0.3, 0.4) is 0 Å². The Balaban J connectivity index is 1.97. The Morgan fingerprint density at radius 3 is 2.13 bits per heavy atom. The van der Waals surface area contributed by atoms with E-state index in [4.69, 9.17) is 34.8 Å². The van der Waals surface area contributed by atoms with Crippen LogP contribution in [0.15, 0.2) is 35.0 Å². The predicted molar refractivity (Wildman–Crippen MR) is 117 cm³/mol. The van der Waals surface area contributed by atoms with E-state index in [9.17, 15) is 19.2 Å². The molecular weight excluding hydrogens is 451 g/mol. The van der Waals surface area contributed by atoms with E-state index in [-0.39, 0.29) is 17.5 Å². The van der Waals surface area contributed by atoms with Crippen molar-refractivity contribution >= 4 is 58.2 Å². The quantitative estimate of drug-likeness (QED) is 0.294. The lowest BCUT2D eigenvalue weighted by Crippen LogP contribution is -2.51. The Morgan fingerprint density at radius 2 is 1.50 bits per heavy atom. The maximum absolute atomic E-state index is 12.6. The van der Waals surface area contributed by atoms with Crippen LogP contribution in [-0.2, 0) is 9.59 Å². The largest absolute Gasteiger partial charge is 0.317 e. The molecule has 1 aromatic rings. The fourth-order valence-corrected chi connectivity index (χ4v) is 3.55. The third-order valence-corrected chi connectivity index (χ3v) is 5.53. The fourth-order valence-electron chi connectivity index (χ4n) is 3.01. The lowest BCUT2D eigenvalue weighted by atomic mass is 9.92. The second kappa shape index (κ2) is 10.9. The highest BCUT2D eigenvalue weighted by atomic mass is 35.5. The molecular formula is C21H23Cl3N2O4. The average Bonchev–Trinajstić information content (AvgIpc) is 2.71. The minimum Gasteiger partial charge on any atom is -0.317 e. The number of carbonyl (C=O) groups is 4. The van der Waals surface area contributed by atoms with Crippen LogP contribution in [0.4, 0.5) is 0 Å². The molecule has 2 rings (SSSR count). The van der Waals surface area contributed by atoms with Crippen molar-refractivity contribution in [1.82, 2.24) is 10.6 Å². The van der Waals surface area contributed by atoms with Gasteiger partial charge in [0, 0.05) is 17.5 Å². The van der Waals surface area contributed by atoms with Gasteiger partial charge >= 0.3 is 0 Å². The number of nitrogens with one attached hydrogen (secondary N) is 2. The van der Waals surface area contributed by atoms with Crippen molar-refractivity contribution in [2.24, 2.45) is 0 Å². The van der Waals surface area contributed by atoms with Crippen LogP contribution in [-0.4, -0.2) is 27.8 Å². The summed E-state index contributed by atoms with van der Waals surface area (Å²) < 4.78 is -2.33. The molecule has 0 bridgehead atoms. The van der Waals surface area contributed by atoms with Gasteiger partial charge in [0.1, 0.15) is 10.7 Å². The SMILES string of the molecule is CCCCCCCCC(=O)NC(Cl)(Cl)C(=O)NC1=C(Cl)C(=O)c2ccccc2C1=O. The maximum Gasteiger partial charge on any atom is 0.282 e. The first-order valence-electron chi connectivity index (χ1n) is 9.77. The van der Waals surface area contributed by atoms with Gasteiger partial charge < -0.3 is 10.6 Å². The van der Waals surface area contributed by atoms with Gasteiger partial charge in [-0.3, -0.25) is 19.2 Å². The van der Waals surface area contributed by atoms with E-state index in [1.807, 2.05) is 0 Å². The third kappa shape index (κ3) is 6.06. The Kier molecular flexibility index (Phi) is 8.89. The highest BCUT2D eigenvalue weighted by Gasteiger charge is 2.39. The van der Waals surface area contributed by atoms with Crippen molar-refractivity contribution < 1.29 is 19.2 Å². The first-order chi connectivity index (χ1) is 14.2. The molecule has 30 heavy (non-hydrogen) atoms. The molecule has 0 heterocycles. The van der Waals surface area contributed by atoms with Crippen molar-refractivity contribution in [2.45, 2.75) is 56.3 Å². The fraction of sp³-hybridized carbons (Fsp3) is 0.429. The molecule has 0 atom stereocenters. The zero-order valence-electron chi connectivity index (χ0n) is 16.5. The minimum absolute atomic E-state index is 0.101. The van der Waals surface area contributed by atoms with Gasteiger partial charge in [0.15, 0.2) is 0 Å². The number of fused-ring (bicyclic) bond motifs is 1. The number of ketones is 2. The number of hydrogen-bond acceptors (Lipinski definition) is 4. The number of carbonyl (C=O) groups excluding carboxylic acids is 4. The summed E-state index contributed by atoms with van der Waals surface area (Å²) in [7, 11) is 0. The van der Waals surface area contributed by atoms with Gasteiger partial charge in [0.2, 0.25) is 17.5 Å². The summed E-state index contributed by atoms with van der Waals surface area (Å²) in [6.45, 7) is 2.12. The van der Waals surface area contributed by atoms with Crippen molar-refractivity contribution in [1.29, 1.82) is 0 Å². The average molecular weight is 474 g/mol. The predicted octanol–water partition coefficient (Wildman–Crippen LogP) is 4.63. The molecule has 1 aliphatic carbocycles. The topological polar surface area (TPSA) is 92.3 Å². The molecule has 0 spiro atoms. The Hall–Kier alpha value is -1.89. The minimum atomic E-state index is -2.33. The summed E-state index contributed by atoms with van der Waals surface area (Å²) in [6, 6.07) is 6.09. The highest BCUT2D eigenvalue weighted by molar-refractivity contribution is 6.59. The van der Waals surface area contributed by atoms with Gasteiger partial charge in [0.05, 0.1) is 0 Å². The normalized spacial score (nSPS) is 13.9. The van der Waals surface area contributed by atoms with Gasteiger partial charge in [-0.15, -0.1) is 0 Å². The molecule has 0 unspecified atom stereocenters. The molecule has 0 saturated carbocycles. The van der Waals surface area contributed by atoms with Gasteiger partial charge in [-0.2, -0.15) is 0 Å². The number of allylic oxidation sites excluding steroid dienone is 2. The molecule has 2 amide bonds. The van der Waals surface area contributed by atoms with E-state index in [1.165, 1.54) is 12.1 Å². The first kappa shape index (κ1) is 24.4. The Bertz CT molecular complexity index is 881. The maximum atomic E-state index is 12.6. The smallest absolute Gasteiger partial charge is 0.282 e. The van der Waals surface area contributed by atoms with Gasteiger partial charge in [-0.05, 0) is 6.42 Å². The van der Waals surface area contributed by atoms with Crippen LogP contribution in [0.1, 0.15) is 72.6 Å². The molecule has 162 valence electrons. The van der Waals surface area contributed by atoms with Gasteiger partial charge in [-0.25, -0.2) is 0 Å². The van der Waals surface area contributed by atoms with Crippen LogP contribution in [0, 0.1) is 0 Å². The summed E-state index contributed by atoms with van der Waals surface area (Å²) in [5.41, 5.74) is -0.189. The Labute approximate surface area is 190 Å². The number of halogens is 3. The summed E-state index contributed by atoms with van der Waals surface area (Å²) >= 11 is 17.9.